The van der Waals surface area contributed by atoms with Crippen molar-refractivity contribution in [2.75, 3.05) is 31.6 Å². The lowest BCUT2D eigenvalue weighted by Crippen LogP contribution is -3.00. The minimum atomic E-state index is -0.647. The molecule has 0 radical (unpaired) electrons. The van der Waals surface area contributed by atoms with Gasteiger partial charge in [-0.2, -0.15) is 4.98 Å². The van der Waals surface area contributed by atoms with E-state index >= 15 is 0 Å². The molecule has 4 heterocycles. The van der Waals surface area contributed by atoms with Crippen LogP contribution in [0, 0.1) is 11.7 Å². The molecule has 4 aromatic rings. The molecule has 3 saturated heterocycles. The van der Waals surface area contributed by atoms with Gasteiger partial charge in [-0.05, 0) is 42.0 Å². The van der Waals surface area contributed by atoms with Crippen LogP contribution in [0.3, 0.4) is 0 Å². The molecule has 0 saturated carbocycles. The SMILES string of the molecule is CN(c1ccc(F)cc1)C(C(=O)O[C@H]1C[N+]2(Cc3noc(-c4ccccc4)n3)CCC1CC2)c1ccccc1.[Cl-]. The van der Waals surface area contributed by atoms with Crippen LogP contribution in [0.15, 0.2) is 89.5 Å². The fourth-order valence-corrected chi connectivity index (χ4v) is 6.09. The van der Waals surface area contributed by atoms with Crippen LogP contribution < -0.4 is 17.3 Å². The zero-order valence-corrected chi connectivity index (χ0v) is 23.1. The Bertz CT molecular complexity index is 1410. The molecule has 7 rings (SSSR count). The number of likely N-dealkylation sites (N-methyl/N-ethyl adjacent to an activating group) is 1. The van der Waals surface area contributed by atoms with Crippen molar-refractivity contribution >= 4 is 11.7 Å². The topological polar surface area (TPSA) is 68.5 Å². The molecule has 7 nitrogen and oxygen atoms in total. The van der Waals surface area contributed by atoms with E-state index in [0.29, 0.717) is 24.2 Å². The maximum atomic E-state index is 13.8. The molecule has 3 aliphatic rings. The first kappa shape index (κ1) is 27.8. The summed E-state index contributed by atoms with van der Waals surface area (Å²) in [7, 11) is 1.84. The molecule has 1 aromatic heterocycles. The zero-order chi connectivity index (χ0) is 26.8. The molecule has 2 atom stereocenters. The highest BCUT2D eigenvalue weighted by molar-refractivity contribution is 5.82. The molecule has 0 spiro atoms. The average Bonchev–Trinajstić information content (AvgIpc) is 3.43. The number of nitrogens with zero attached hydrogens (tertiary/aromatic N) is 4. The smallest absolute Gasteiger partial charge is 0.333 e. The molecular formula is C31H32ClFN4O3. The number of anilines is 1. The number of rotatable bonds is 8. The maximum absolute atomic E-state index is 13.8. The number of hydrogen-bond donors (Lipinski definition) is 0. The summed E-state index contributed by atoms with van der Waals surface area (Å²) in [4.78, 5) is 20.3. The fraction of sp³-hybridized carbons (Fsp3) is 0.323. The van der Waals surface area contributed by atoms with Gasteiger partial charge < -0.3 is 31.0 Å². The molecule has 1 unspecified atom stereocenters. The van der Waals surface area contributed by atoms with Gasteiger partial charge in [-0.15, -0.1) is 0 Å². The molecule has 3 aromatic carbocycles. The zero-order valence-electron chi connectivity index (χ0n) is 22.3. The number of halogens is 2. The third-order valence-corrected chi connectivity index (χ3v) is 8.23. The summed E-state index contributed by atoms with van der Waals surface area (Å²) >= 11 is 0. The predicted molar refractivity (Wildman–Crippen MR) is 145 cm³/mol. The Kier molecular flexibility index (Phi) is 8.19. The summed E-state index contributed by atoms with van der Waals surface area (Å²) in [6, 6.07) is 24.9. The number of carbonyl (C=O) groups is 1. The van der Waals surface area contributed by atoms with Gasteiger partial charge in [-0.3, -0.25) is 0 Å². The van der Waals surface area contributed by atoms with Crippen molar-refractivity contribution in [1.29, 1.82) is 0 Å². The van der Waals surface area contributed by atoms with Crippen molar-refractivity contribution < 1.29 is 35.3 Å². The number of carbonyl (C=O) groups excluding carboxylic acids is 1. The number of esters is 1. The lowest BCUT2D eigenvalue weighted by Gasteiger charge is -2.51. The third kappa shape index (κ3) is 5.74. The summed E-state index contributed by atoms with van der Waals surface area (Å²) in [6.45, 7) is 3.39. The standard InChI is InChI=1S/C31H32FN4O3.ClH/c1-35(26-14-12-25(32)13-15-26)29(23-8-4-2-5-9-23)31(37)38-27-20-36(18-16-22(27)17-19-36)21-28-33-30(39-34-28)24-10-6-3-7-11-24;/h2-15,22,27,29H,16-21H2,1H3;1H/q+1;/p-1/t22?,27-,29?,36?;/m0./s1. The number of fused-ring (bicyclic) bond motifs is 3. The van der Waals surface area contributed by atoms with Crippen LogP contribution in [-0.4, -0.2) is 53.4 Å². The van der Waals surface area contributed by atoms with Crippen molar-refractivity contribution in [3.05, 3.63) is 102 Å². The fourth-order valence-electron chi connectivity index (χ4n) is 6.09. The highest BCUT2D eigenvalue weighted by Gasteiger charge is 2.49. The van der Waals surface area contributed by atoms with E-state index in [9.17, 15) is 9.18 Å². The van der Waals surface area contributed by atoms with Crippen molar-refractivity contribution in [2.45, 2.75) is 31.5 Å². The quantitative estimate of drug-likeness (QED) is 0.243. The van der Waals surface area contributed by atoms with Gasteiger partial charge in [0.05, 0.1) is 13.1 Å². The monoisotopic (exact) mass is 562 g/mol. The van der Waals surface area contributed by atoms with Crippen LogP contribution in [0.25, 0.3) is 11.5 Å². The Balaban J connectivity index is 0.00000323. The van der Waals surface area contributed by atoms with Crippen molar-refractivity contribution in [3.8, 4) is 11.5 Å². The Morgan fingerprint density at radius 3 is 2.35 bits per heavy atom. The third-order valence-electron chi connectivity index (χ3n) is 8.23. The van der Waals surface area contributed by atoms with Crippen molar-refractivity contribution in [1.82, 2.24) is 10.1 Å². The summed E-state index contributed by atoms with van der Waals surface area (Å²) < 4.78 is 26.2. The highest BCUT2D eigenvalue weighted by Crippen LogP contribution is 2.38. The lowest BCUT2D eigenvalue weighted by atomic mass is 9.83. The Morgan fingerprint density at radius 1 is 1.02 bits per heavy atom. The lowest BCUT2D eigenvalue weighted by molar-refractivity contribution is -0.958. The summed E-state index contributed by atoms with van der Waals surface area (Å²) in [6.07, 6.45) is 1.80. The second kappa shape index (κ2) is 11.8. The van der Waals surface area contributed by atoms with Crippen LogP contribution in [-0.2, 0) is 16.1 Å². The first-order valence-electron chi connectivity index (χ1n) is 13.5. The Morgan fingerprint density at radius 2 is 1.68 bits per heavy atom. The van der Waals surface area contributed by atoms with Gasteiger partial charge >= 0.3 is 5.97 Å². The number of quaternary nitrogens is 1. The number of benzene rings is 3. The van der Waals surface area contributed by atoms with Crippen LogP contribution in [0.1, 0.15) is 30.3 Å². The number of ether oxygens (including phenoxy) is 1. The summed E-state index contributed by atoms with van der Waals surface area (Å²) in [5.41, 5.74) is 2.48. The van der Waals surface area contributed by atoms with Crippen LogP contribution in [0.5, 0.6) is 0 Å². The van der Waals surface area contributed by atoms with E-state index in [4.69, 9.17) is 9.26 Å². The van der Waals surface area contributed by atoms with E-state index in [1.165, 1.54) is 12.1 Å². The summed E-state index contributed by atoms with van der Waals surface area (Å²) in [5, 5.41) is 4.27. The number of aromatic nitrogens is 2. The first-order chi connectivity index (χ1) is 19.0. The van der Waals surface area contributed by atoms with Gasteiger partial charge in [0.25, 0.3) is 5.89 Å². The molecule has 0 N–H and O–H groups in total. The van der Waals surface area contributed by atoms with Crippen LogP contribution in [0.2, 0.25) is 0 Å². The number of piperidine rings is 3. The molecule has 0 aliphatic carbocycles. The molecular weight excluding hydrogens is 531 g/mol. The van der Waals surface area contributed by atoms with E-state index < -0.39 is 6.04 Å². The molecule has 3 fully saturated rings. The predicted octanol–water partition coefficient (Wildman–Crippen LogP) is 2.41. The first-order valence-corrected chi connectivity index (χ1v) is 13.5. The highest BCUT2D eigenvalue weighted by atomic mass is 35.5. The van der Waals surface area contributed by atoms with Crippen molar-refractivity contribution in [3.63, 3.8) is 0 Å². The van der Waals surface area contributed by atoms with E-state index in [2.05, 4.69) is 10.1 Å². The van der Waals surface area contributed by atoms with Crippen molar-refractivity contribution in [2.24, 2.45) is 5.92 Å². The largest absolute Gasteiger partial charge is 1.00 e. The molecule has 9 heteroatoms. The molecule has 0 amide bonds. The minimum absolute atomic E-state index is 0. The van der Waals surface area contributed by atoms with Gasteiger partial charge in [-0.25, -0.2) is 9.18 Å². The van der Waals surface area contributed by atoms with E-state index in [-0.39, 0.29) is 30.3 Å². The van der Waals surface area contributed by atoms with Gasteiger partial charge in [0.1, 0.15) is 18.9 Å². The van der Waals surface area contributed by atoms with Gasteiger partial charge in [0.15, 0.2) is 12.1 Å². The van der Waals surface area contributed by atoms with E-state index in [1.807, 2.05) is 72.6 Å². The second-order valence-electron chi connectivity index (χ2n) is 10.7. The normalized spacial score (nSPS) is 22.2. The van der Waals surface area contributed by atoms with Crippen LogP contribution in [0.4, 0.5) is 10.1 Å². The molecule has 3 aliphatic heterocycles. The minimum Gasteiger partial charge on any atom is -1.00 e. The van der Waals surface area contributed by atoms with E-state index in [0.717, 1.165) is 53.8 Å². The maximum Gasteiger partial charge on any atom is 0.333 e. The van der Waals surface area contributed by atoms with Gasteiger partial charge in [0.2, 0.25) is 5.82 Å². The van der Waals surface area contributed by atoms with Gasteiger partial charge in [0, 0.05) is 37.1 Å². The summed E-state index contributed by atoms with van der Waals surface area (Å²) in [5.74, 6) is 0.929. The average molecular weight is 563 g/mol. The Hall–Kier alpha value is -3.75. The molecule has 2 bridgehead atoms. The number of hydrogen-bond acceptors (Lipinski definition) is 6. The van der Waals surface area contributed by atoms with Crippen LogP contribution >= 0.6 is 0 Å². The van der Waals surface area contributed by atoms with Gasteiger partial charge in [-0.1, -0.05) is 53.7 Å². The second-order valence-corrected chi connectivity index (χ2v) is 10.7. The Labute approximate surface area is 239 Å². The molecule has 208 valence electrons. The molecule has 40 heavy (non-hydrogen) atoms. The van der Waals surface area contributed by atoms with E-state index in [1.54, 1.807) is 12.1 Å².